The van der Waals surface area contributed by atoms with Crippen molar-refractivity contribution in [1.29, 1.82) is 0 Å². The molecule has 1 aliphatic heterocycles. The van der Waals surface area contributed by atoms with Gasteiger partial charge in [-0.05, 0) is 30.2 Å². The first-order valence-corrected chi connectivity index (χ1v) is 9.94. The maximum absolute atomic E-state index is 12.6. The minimum Gasteiger partial charge on any atom is -0.496 e. The van der Waals surface area contributed by atoms with Crippen LogP contribution in [0.15, 0.2) is 42.5 Å². The van der Waals surface area contributed by atoms with Crippen LogP contribution >= 0.6 is 0 Å². The third kappa shape index (κ3) is 5.03. The third-order valence-electron chi connectivity index (χ3n) is 5.30. The fraction of sp³-hybridized carbons (Fsp3) is 0.391. The normalized spacial score (nSPS) is 15.8. The fourth-order valence-corrected chi connectivity index (χ4v) is 3.65. The Morgan fingerprint density at radius 2 is 1.77 bits per heavy atom. The Morgan fingerprint density at radius 1 is 1.03 bits per heavy atom. The number of hydrogen-bond donors (Lipinski definition) is 1. The van der Waals surface area contributed by atoms with Gasteiger partial charge in [-0.3, -0.25) is 9.59 Å². The van der Waals surface area contributed by atoms with Gasteiger partial charge in [0.25, 0.3) is 0 Å². The second kappa shape index (κ2) is 10.0. The van der Waals surface area contributed by atoms with Crippen molar-refractivity contribution < 1.29 is 23.8 Å². The first-order valence-electron chi connectivity index (χ1n) is 9.94. The Kier molecular flexibility index (Phi) is 7.17. The molecule has 0 saturated carbocycles. The lowest BCUT2D eigenvalue weighted by Gasteiger charge is -2.18. The van der Waals surface area contributed by atoms with Crippen LogP contribution in [0, 0.1) is 5.92 Å². The lowest BCUT2D eigenvalue weighted by molar-refractivity contribution is -0.129. The Bertz CT molecular complexity index is 899. The van der Waals surface area contributed by atoms with E-state index in [9.17, 15) is 9.59 Å². The number of carbonyl (C=O) groups excluding carboxylic acids is 2. The molecule has 1 aliphatic rings. The molecular weight excluding hydrogens is 384 g/mol. The third-order valence-corrected chi connectivity index (χ3v) is 5.30. The van der Waals surface area contributed by atoms with Crippen LogP contribution < -0.4 is 19.5 Å². The van der Waals surface area contributed by atoms with E-state index in [2.05, 4.69) is 5.32 Å². The number of ether oxygens (including phenoxy) is 3. The number of nitrogens with zero attached hydrogens (tertiary/aromatic N) is 1. The molecule has 2 aromatic rings. The predicted molar refractivity (Wildman–Crippen MR) is 113 cm³/mol. The highest BCUT2D eigenvalue weighted by atomic mass is 16.5. The standard InChI is InChI=1S/C23H28N2O5/c1-28-19-7-5-4-6-17(19)14-25-15-18(13-22(25)26)23(27)24-11-10-16-8-9-20(29-2)21(12-16)30-3/h4-9,12,18H,10-11,13-15H2,1-3H3,(H,24,27). The van der Waals surface area contributed by atoms with Crippen molar-refractivity contribution in [2.24, 2.45) is 5.92 Å². The van der Waals surface area contributed by atoms with Crippen molar-refractivity contribution in [1.82, 2.24) is 10.2 Å². The summed E-state index contributed by atoms with van der Waals surface area (Å²) in [4.78, 5) is 26.7. The predicted octanol–water partition coefficient (Wildman–Crippen LogP) is 2.42. The maximum Gasteiger partial charge on any atom is 0.225 e. The molecule has 0 radical (unpaired) electrons. The average Bonchev–Trinajstić information content (AvgIpc) is 3.14. The van der Waals surface area contributed by atoms with Crippen LogP contribution in [0.2, 0.25) is 0 Å². The zero-order valence-corrected chi connectivity index (χ0v) is 17.6. The van der Waals surface area contributed by atoms with E-state index in [0.29, 0.717) is 37.6 Å². The number of benzene rings is 2. The van der Waals surface area contributed by atoms with Gasteiger partial charge >= 0.3 is 0 Å². The molecule has 0 aliphatic carbocycles. The van der Waals surface area contributed by atoms with Crippen molar-refractivity contribution in [2.45, 2.75) is 19.4 Å². The van der Waals surface area contributed by atoms with Gasteiger partial charge in [0, 0.05) is 31.6 Å². The number of carbonyl (C=O) groups is 2. The number of nitrogens with one attached hydrogen (secondary N) is 1. The minimum atomic E-state index is -0.336. The molecule has 0 spiro atoms. The zero-order valence-electron chi connectivity index (χ0n) is 17.6. The SMILES string of the molecule is COc1ccccc1CN1CC(C(=O)NCCc2ccc(OC)c(OC)c2)CC1=O. The quantitative estimate of drug-likeness (QED) is 0.685. The van der Waals surface area contributed by atoms with E-state index in [1.165, 1.54) is 0 Å². The van der Waals surface area contributed by atoms with Gasteiger partial charge in [0.05, 0.1) is 27.2 Å². The Balaban J connectivity index is 1.51. The van der Waals surface area contributed by atoms with Crippen molar-refractivity contribution in [2.75, 3.05) is 34.4 Å². The summed E-state index contributed by atoms with van der Waals surface area (Å²) < 4.78 is 15.9. The Labute approximate surface area is 176 Å². The van der Waals surface area contributed by atoms with E-state index in [0.717, 1.165) is 16.9 Å². The number of hydrogen-bond acceptors (Lipinski definition) is 5. The number of likely N-dealkylation sites (tertiary alicyclic amines) is 1. The molecule has 160 valence electrons. The number of methoxy groups -OCH3 is 3. The van der Waals surface area contributed by atoms with Gasteiger partial charge in [0.15, 0.2) is 11.5 Å². The molecule has 2 amide bonds. The summed E-state index contributed by atoms with van der Waals surface area (Å²) in [5.74, 6) is 1.64. The highest BCUT2D eigenvalue weighted by Gasteiger charge is 2.34. The zero-order chi connectivity index (χ0) is 21.5. The average molecular weight is 412 g/mol. The van der Waals surface area contributed by atoms with E-state index in [-0.39, 0.29) is 24.2 Å². The van der Waals surface area contributed by atoms with E-state index >= 15 is 0 Å². The highest BCUT2D eigenvalue weighted by Crippen LogP contribution is 2.28. The van der Waals surface area contributed by atoms with Gasteiger partial charge in [0.2, 0.25) is 11.8 Å². The Morgan fingerprint density at radius 3 is 2.50 bits per heavy atom. The fourth-order valence-electron chi connectivity index (χ4n) is 3.65. The van der Waals surface area contributed by atoms with Crippen LogP contribution in [-0.2, 0) is 22.6 Å². The molecule has 30 heavy (non-hydrogen) atoms. The lowest BCUT2D eigenvalue weighted by atomic mass is 10.1. The summed E-state index contributed by atoms with van der Waals surface area (Å²) in [6.07, 6.45) is 0.898. The topological polar surface area (TPSA) is 77.1 Å². The minimum absolute atomic E-state index is 0.0130. The van der Waals surface area contributed by atoms with Crippen molar-refractivity contribution in [3.8, 4) is 17.2 Å². The molecule has 1 atom stereocenters. The van der Waals surface area contributed by atoms with Crippen LogP contribution in [0.1, 0.15) is 17.5 Å². The molecule has 1 unspecified atom stereocenters. The number of rotatable bonds is 9. The largest absolute Gasteiger partial charge is 0.496 e. The van der Waals surface area contributed by atoms with Gasteiger partial charge in [-0.25, -0.2) is 0 Å². The molecule has 7 heteroatoms. The lowest BCUT2D eigenvalue weighted by Crippen LogP contribution is -2.34. The molecule has 1 fully saturated rings. The van der Waals surface area contributed by atoms with Crippen molar-refractivity contribution in [3.63, 3.8) is 0 Å². The van der Waals surface area contributed by atoms with Gasteiger partial charge in [-0.1, -0.05) is 24.3 Å². The first kappa shape index (κ1) is 21.5. The van der Waals surface area contributed by atoms with Gasteiger partial charge in [0.1, 0.15) is 5.75 Å². The number of amides is 2. The molecule has 2 aromatic carbocycles. The monoisotopic (exact) mass is 412 g/mol. The van der Waals surface area contributed by atoms with Crippen LogP contribution in [0.25, 0.3) is 0 Å². The molecule has 7 nitrogen and oxygen atoms in total. The van der Waals surface area contributed by atoms with Crippen molar-refractivity contribution >= 4 is 11.8 Å². The van der Waals surface area contributed by atoms with Gasteiger partial charge in [-0.15, -0.1) is 0 Å². The molecule has 1 heterocycles. The van der Waals surface area contributed by atoms with Crippen LogP contribution in [0.4, 0.5) is 0 Å². The molecular formula is C23H28N2O5. The molecule has 0 bridgehead atoms. The van der Waals surface area contributed by atoms with E-state index < -0.39 is 0 Å². The molecule has 0 aromatic heterocycles. The van der Waals surface area contributed by atoms with Crippen molar-refractivity contribution in [3.05, 3.63) is 53.6 Å². The van der Waals surface area contributed by atoms with E-state index in [1.54, 1.807) is 26.2 Å². The summed E-state index contributed by atoms with van der Waals surface area (Å²) in [6.45, 7) is 1.35. The molecule has 3 rings (SSSR count). The van der Waals surface area contributed by atoms with Gasteiger partial charge in [-0.2, -0.15) is 0 Å². The highest BCUT2D eigenvalue weighted by molar-refractivity contribution is 5.89. The maximum atomic E-state index is 12.6. The van der Waals surface area contributed by atoms with Crippen LogP contribution in [0.5, 0.6) is 17.2 Å². The first-order chi connectivity index (χ1) is 14.5. The number of para-hydroxylation sites is 1. The smallest absolute Gasteiger partial charge is 0.225 e. The van der Waals surface area contributed by atoms with E-state index in [4.69, 9.17) is 14.2 Å². The molecule has 1 N–H and O–H groups in total. The summed E-state index contributed by atoms with van der Waals surface area (Å²) >= 11 is 0. The second-order valence-corrected chi connectivity index (χ2v) is 7.22. The molecule has 1 saturated heterocycles. The summed E-state index contributed by atoms with van der Waals surface area (Å²) in [7, 11) is 4.80. The van der Waals surface area contributed by atoms with Crippen LogP contribution in [0.3, 0.4) is 0 Å². The summed E-state index contributed by atoms with van der Waals surface area (Å²) in [6, 6.07) is 13.3. The van der Waals surface area contributed by atoms with Crippen LogP contribution in [-0.4, -0.2) is 51.1 Å². The summed E-state index contributed by atoms with van der Waals surface area (Å²) in [5.41, 5.74) is 1.97. The van der Waals surface area contributed by atoms with Gasteiger partial charge < -0.3 is 24.4 Å². The summed E-state index contributed by atoms with van der Waals surface area (Å²) in [5, 5.41) is 2.95. The van der Waals surface area contributed by atoms with E-state index in [1.807, 2.05) is 42.5 Å². The second-order valence-electron chi connectivity index (χ2n) is 7.22. The Hall–Kier alpha value is -3.22.